The second-order valence-corrected chi connectivity index (χ2v) is 4.66. The Morgan fingerprint density at radius 1 is 1.29 bits per heavy atom. The van der Waals surface area contributed by atoms with Crippen molar-refractivity contribution in [2.75, 3.05) is 6.54 Å². The van der Waals surface area contributed by atoms with Crippen LogP contribution >= 0.6 is 0 Å². The van der Waals surface area contributed by atoms with Gasteiger partial charge in [-0.25, -0.2) is 0 Å². The Balaban J connectivity index is 2.00. The third-order valence-corrected chi connectivity index (χ3v) is 3.46. The van der Waals surface area contributed by atoms with E-state index in [0.29, 0.717) is 18.9 Å². The molecule has 1 aromatic rings. The molecule has 0 bridgehead atoms. The van der Waals surface area contributed by atoms with Crippen molar-refractivity contribution in [2.45, 2.75) is 37.6 Å². The van der Waals surface area contributed by atoms with Crippen LogP contribution in [0.3, 0.4) is 0 Å². The summed E-state index contributed by atoms with van der Waals surface area (Å²) in [4.78, 5) is 11.6. The molecule has 1 saturated carbocycles. The molecule has 1 amide bonds. The smallest absolute Gasteiger partial charge is 0.221 e. The number of hydrogen-bond acceptors (Lipinski definition) is 2. The van der Waals surface area contributed by atoms with Gasteiger partial charge in [-0.1, -0.05) is 36.8 Å². The number of hydrogen-bond donors (Lipinski definition) is 2. The summed E-state index contributed by atoms with van der Waals surface area (Å²) >= 11 is 0. The zero-order chi connectivity index (χ0) is 12.1. The third kappa shape index (κ3) is 3.07. The van der Waals surface area contributed by atoms with Gasteiger partial charge in [-0.15, -0.1) is 0 Å². The molecule has 1 aliphatic rings. The van der Waals surface area contributed by atoms with Crippen LogP contribution in [0.2, 0.25) is 0 Å². The quantitative estimate of drug-likeness (QED) is 0.831. The van der Waals surface area contributed by atoms with Crippen molar-refractivity contribution in [3.8, 4) is 0 Å². The second-order valence-electron chi connectivity index (χ2n) is 4.66. The number of rotatable bonds is 4. The van der Waals surface area contributed by atoms with Crippen LogP contribution in [0.5, 0.6) is 0 Å². The standard InChI is InChI=1S/C14H20N2O/c15-10-9-14(17)16-13-8-4-7-12(13)11-5-2-1-3-6-11/h1-3,5-6,12-13H,4,7-10,15H2,(H,16,17). The summed E-state index contributed by atoms with van der Waals surface area (Å²) in [5, 5.41) is 3.11. The van der Waals surface area contributed by atoms with E-state index in [4.69, 9.17) is 5.73 Å². The van der Waals surface area contributed by atoms with Crippen molar-refractivity contribution < 1.29 is 4.79 Å². The van der Waals surface area contributed by atoms with Gasteiger partial charge >= 0.3 is 0 Å². The Kier molecular flexibility index (Phi) is 4.15. The summed E-state index contributed by atoms with van der Waals surface area (Å²) in [7, 11) is 0. The molecule has 1 aliphatic carbocycles. The summed E-state index contributed by atoms with van der Waals surface area (Å²) in [6.07, 6.45) is 3.86. The molecule has 0 saturated heterocycles. The van der Waals surface area contributed by atoms with Gasteiger partial charge in [0.1, 0.15) is 0 Å². The molecule has 2 rings (SSSR count). The van der Waals surface area contributed by atoms with E-state index < -0.39 is 0 Å². The first-order chi connectivity index (χ1) is 8.31. The predicted octanol–water partition coefficient (Wildman–Crippen LogP) is 1.79. The zero-order valence-corrected chi connectivity index (χ0v) is 10.1. The first-order valence-corrected chi connectivity index (χ1v) is 6.35. The highest BCUT2D eigenvalue weighted by Crippen LogP contribution is 2.34. The van der Waals surface area contributed by atoms with Gasteiger partial charge in [-0.2, -0.15) is 0 Å². The van der Waals surface area contributed by atoms with Gasteiger partial charge in [-0.3, -0.25) is 4.79 Å². The fourth-order valence-electron chi connectivity index (χ4n) is 2.64. The Labute approximate surface area is 102 Å². The largest absolute Gasteiger partial charge is 0.353 e. The van der Waals surface area contributed by atoms with Crippen molar-refractivity contribution in [2.24, 2.45) is 5.73 Å². The summed E-state index contributed by atoms with van der Waals surface area (Å²) < 4.78 is 0. The lowest BCUT2D eigenvalue weighted by molar-refractivity contribution is -0.121. The number of carbonyl (C=O) groups excluding carboxylic acids is 1. The van der Waals surface area contributed by atoms with Crippen LogP contribution < -0.4 is 11.1 Å². The molecule has 0 aromatic heterocycles. The fraction of sp³-hybridized carbons (Fsp3) is 0.500. The highest BCUT2D eigenvalue weighted by molar-refractivity contribution is 5.76. The van der Waals surface area contributed by atoms with Crippen LogP contribution in [0, 0.1) is 0 Å². The lowest BCUT2D eigenvalue weighted by Crippen LogP contribution is -2.37. The highest BCUT2D eigenvalue weighted by atomic mass is 16.1. The number of nitrogens with one attached hydrogen (secondary N) is 1. The number of carbonyl (C=O) groups is 1. The first-order valence-electron chi connectivity index (χ1n) is 6.35. The van der Waals surface area contributed by atoms with Gasteiger partial charge in [0.15, 0.2) is 0 Å². The van der Waals surface area contributed by atoms with Gasteiger partial charge in [0, 0.05) is 24.9 Å². The van der Waals surface area contributed by atoms with Gasteiger partial charge in [0.25, 0.3) is 0 Å². The predicted molar refractivity (Wildman–Crippen MR) is 68.6 cm³/mol. The maximum absolute atomic E-state index is 11.6. The average Bonchev–Trinajstić information content (AvgIpc) is 2.78. The Morgan fingerprint density at radius 2 is 2.06 bits per heavy atom. The molecular formula is C14H20N2O. The summed E-state index contributed by atoms with van der Waals surface area (Å²) in [5.74, 6) is 0.554. The molecule has 3 heteroatoms. The van der Waals surface area contributed by atoms with Gasteiger partial charge < -0.3 is 11.1 Å². The molecule has 0 aliphatic heterocycles. The molecule has 2 unspecified atom stereocenters. The average molecular weight is 232 g/mol. The van der Waals surface area contributed by atoms with Crippen LogP contribution in [-0.2, 0) is 4.79 Å². The van der Waals surface area contributed by atoms with E-state index in [2.05, 4.69) is 29.6 Å². The lowest BCUT2D eigenvalue weighted by atomic mass is 9.94. The summed E-state index contributed by atoms with van der Waals surface area (Å²) in [6.45, 7) is 0.425. The van der Waals surface area contributed by atoms with Crippen LogP contribution in [-0.4, -0.2) is 18.5 Å². The summed E-state index contributed by atoms with van der Waals surface area (Å²) in [6, 6.07) is 10.7. The molecule has 0 radical (unpaired) electrons. The van der Waals surface area contributed by atoms with E-state index in [9.17, 15) is 4.79 Å². The molecule has 0 spiro atoms. The van der Waals surface area contributed by atoms with E-state index in [1.807, 2.05) is 6.07 Å². The van der Waals surface area contributed by atoms with Gasteiger partial charge in [0.05, 0.1) is 0 Å². The SMILES string of the molecule is NCCC(=O)NC1CCCC1c1ccccc1. The fourth-order valence-corrected chi connectivity index (χ4v) is 2.64. The monoisotopic (exact) mass is 232 g/mol. The number of nitrogens with two attached hydrogens (primary N) is 1. The minimum atomic E-state index is 0.0836. The third-order valence-electron chi connectivity index (χ3n) is 3.46. The molecule has 1 aromatic carbocycles. The van der Waals surface area contributed by atoms with Crippen LogP contribution in [0.25, 0.3) is 0 Å². The molecule has 0 heterocycles. The molecule has 3 N–H and O–H groups in total. The number of amides is 1. The van der Waals surface area contributed by atoms with E-state index in [0.717, 1.165) is 12.8 Å². The van der Waals surface area contributed by atoms with Crippen molar-refractivity contribution in [3.05, 3.63) is 35.9 Å². The zero-order valence-electron chi connectivity index (χ0n) is 10.1. The minimum absolute atomic E-state index is 0.0836. The van der Waals surface area contributed by atoms with Crippen LogP contribution in [0.15, 0.2) is 30.3 Å². The molecule has 3 nitrogen and oxygen atoms in total. The van der Waals surface area contributed by atoms with E-state index in [1.54, 1.807) is 0 Å². The van der Waals surface area contributed by atoms with E-state index in [1.165, 1.54) is 12.0 Å². The van der Waals surface area contributed by atoms with Gasteiger partial charge in [0.2, 0.25) is 5.91 Å². The van der Waals surface area contributed by atoms with Crippen LogP contribution in [0.4, 0.5) is 0 Å². The number of benzene rings is 1. The van der Waals surface area contributed by atoms with Crippen molar-refractivity contribution in [1.82, 2.24) is 5.32 Å². The van der Waals surface area contributed by atoms with E-state index in [-0.39, 0.29) is 11.9 Å². The van der Waals surface area contributed by atoms with Crippen LogP contribution in [0.1, 0.15) is 37.2 Å². The Bertz CT molecular complexity index is 364. The molecule has 1 fully saturated rings. The molecule has 17 heavy (non-hydrogen) atoms. The highest BCUT2D eigenvalue weighted by Gasteiger charge is 2.29. The van der Waals surface area contributed by atoms with Crippen molar-refractivity contribution in [3.63, 3.8) is 0 Å². The minimum Gasteiger partial charge on any atom is -0.353 e. The van der Waals surface area contributed by atoms with Crippen molar-refractivity contribution in [1.29, 1.82) is 0 Å². The molecule has 2 atom stereocenters. The summed E-state index contributed by atoms with van der Waals surface area (Å²) in [5.41, 5.74) is 6.72. The first kappa shape index (κ1) is 12.1. The Hall–Kier alpha value is -1.35. The normalized spacial score (nSPS) is 23.6. The second kappa shape index (κ2) is 5.82. The topological polar surface area (TPSA) is 55.1 Å². The van der Waals surface area contributed by atoms with Crippen molar-refractivity contribution >= 4 is 5.91 Å². The molecule has 92 valence electrons. The molecular weight excluding hydrogens is 212 g/mol. The van der Waals surface area contributed by atoms with E-state index >= 15 is 0 Å². The maximum atomic E-state index is 11.6. The maximum Gasteiger partial charge on any atom is 0.221 e. The van der Waals surface area contributed by atoms with Gasteiger partial charge in [-0.05, 0) is 18.4 Å². The lowest BCUT2D eigenvalue weighted by Gasteiger charge is -2.21. The Morgan fingerprint density at radius 3 is 2.76 bits per heavy atom.